The van der Waals surface area contributed by atoms with Crippen LogP contribution in [0.5, 0.6) is 0 Å². The molecule has 0 saturated carbocycles. The maximum absolute atomic E-state index is 12.2. The van der Waals surface area contributed by atoms with Gasteiger partial charge in [0.15, 0.2) is 0 Å². The minimum absolute atomic E-state index is 0.0801. The van der Waals surface area contributed by atoms with Crippen LogP contribution < -0.4 is 0 Å². The smallest absolute Gasteiger partial charge is 0.253 e. The van der Waals surface area contributed by atoms with Crippen LogP contribution in [0, 0.1) is 17.8 Å². The van der Waals surface area contributed by atoms with Crippen LogP contribution in [-0.4, -0.2) is 35.6 Å². The number of carbonyl (C=O) groups is 1. The molecule has 1 atom stereocenters. The number of amides is 1. The fourth-order valence-corrected chi connectivity index (χ4v) is 2.22. The van der Waals surface area contributed by atoms with E-state index in [0.29, 0.717) is 12.3 Å². The summed E-state index contributed by atoms with van der Waals surface area (Å²) in [6.07, 6.45) is 1.57. The molecule has 1 aliphatic rings. The SMILES string of the molecule is CC1CCN(C(=O)c2ccc(C#CCCO)cc2)C1. The van der Waals surface area contributed by atoms with Gasteiger partial charge in [-0.2, -0.15) is 0 Å². The zero-order chi connectivity index (χ0) is 13.7. The Morgan fingerprint density at radius 3 is 2.74 bits per heavy atom. The van der Waals surface area contributed by atoms with Crippen LogP contribution in [-0.2, 0) is 0 Å². The van der Waals surface area contributed by atoms with Crippen molar-refractivity contribution in [1.29, 1.82) is 0 Å². The van der Waals surface area contributed by atoms with Gasteiger partial charge in [-0.15, -0.1) is 0 Å². The lowest BCUT2D eigenvalue weighted by atomic mass is 10.1. The Bertz CT molecular complexity index is 496. The maximum Gasteiger partial charge on any atom is 0.253 e. The molecule has 0 aliphatic carbocycles. The summed E-state index contributed by atoms with van der Waals surface area (Å²) in [4.78, 5) is 14.1. The van der Waals surface area contributed by atoms with Gasteiger partial charge in [-0.3, -0.25) is 4.79 Å². The molecular weight excluding hydrogens is 238 g/mol. The van der Waals surface area contributed by atoms with Gasteiger partial charge in [0.25, 0.3) is 5.91 Å². The highest BCUT2D eigenvalue weighted by atomic mass is 16.2. The summed E-state index contributed by atoms with van der Waals surface area (Å²) in [7, 11) is 0. The number of benzene rings is 1. The summed E-state index contributed by atoms with van der Waals surface area (Å²) in [6, 6.07) is 7.37. The van der Waals surface area contributed by atoms with E-state index in [1.807, 2.05) is 29.2 Å². The molecule has 1 saturated heterocycles. The van der Waals surface area contributed by atoms with Crippen LogP contribution in [0.15, 0.2) is 24.3 Å². The van der Waals surface area contributed by atoms with E-state index in [1.54, 1.807) is 0 Å². The molecule has 19 heavy (non-hydrogen) atoms. The first-order chi connectivity index (χ1) is 9.20. The number of likely N-dealkylation sites (tertiary alicyclic amines) is 1. The highest BCUT2D eigenvalue weighted by Crippen LogP contribution is 2.18. The van der Waals surface area contributed by atoms with Gasteiger partial charge in [0.2, 0.25) is 0 Å². The van der Waals surface area contributed by atoms with Crippen LogP contribution in [0.1, 0.15) is 35.7 Å². The Hall–Kier alpha value is -1.79. The Balaban J connectivity index is 2.02. The number of carbonyl (C=O) groups excluding carboxylic acids is 1. The van der Waals surface area contributed by atoms with E-state index in [1.165, 1.54) is 0 Å². The quantitative estimate of drug-likeness (QED) is 0.822. The topological polar surface area (TPSA) is 40.5 Å². The zero-order valence-electron chi connectivity index (χ0n) is 11.2. The van der Waals surface area contributed by atoms with Crippen molar-refractivity contribution in [1.82, 2.24) is 4.90 Å². The van der Waals surface area contributed by atoms with Crippen molar-refractivity contribution in [2.75, 3.05) is 19.7 Å². The van der Waals surface area contributed by atoms with Crippen LogP contribution >= 0.6 is 0 Å². The average Bonchev–Trinajstić information content (AvgIpc) is 2.86. The van der Waals surface area contributed by atoms with Crippen LogP contribution in [0.4, 0.5) is 0 Å². The molecule has 0 aromatic heterocycles. The lowest BCUT2D eigenvalue weighted by Gasteiger charge is -2.15. The maximum atomic E-state index is 12.2. The Morgan fingerprint density at radius 2 is 2.16 bits per heavy atom. The van der Waals surface area contributed by atoms with Crippen molar-refractivity contribution in [3.05, 3.63) is 35.4 Å². The molecule has 1 aromatic carbocycles. The molecule has 1 aromatic rings. The summed E-state index contributed by atoms with van der Waals surface area (Å²) in [5.74, 6) is 6.53. The third kappa shape index (κ3) is 3.59. The van der Waals surface area contributed by atoms with Gasteiger partial charge >= 0.3 is 0 Å². The van der Waals surface area contributed by atoms with Gasteiger partial charge in [0, 0.05) is 30.6 Å². The Labute approximate surface area is 114 Å². The highest BCUT2D eigenvalue weighted by molar-refractivity contribution is 5.94. The normalized spacial score (nSPS) is 18.0. The number of aliphatic hydroxyl groups is 1. The van der Waals surface area contributed by atoms with Crippen molar-refractivity contribution in [3.63, 3.8) is 0 Å². The molecular formula is C16H19NO2. The van der Waals surface area contributed by atoms with E-state index in [9.17, 15) is 4.79 Å². The second-order valence-electron chi connectivity index (χ2n) is 5.00. The van der Waals surface area contributed by atoms with E-state index >= 15 is 0 Å². The highest BCUT2D eigenvalue weighted by Gasteiger charge is 2.23. The summed E-state index contributed by atoms with van der Waals surface area (Å²) >= 11 is 0. The van der Waals surface area contributed by atoms with Crippen molar-refractivity contribution in [2.45, 2.75) is 19.8 Å². The molecule has 3 heteroatoms. The number of nitrogens with zero attached hydrogens (tertiary/aromatic N) is 1. The predicted molar refractivity (Wildman–Crippen MR) is 74.7 cm³/mol. The van der Waals surface area contributed by atoms with Crippen LogP contribution in [0.3, 0.4) is 0 Å². The molecule has 1 unspecified atom stereocenters. The molecule has 1 fully saturated rings. The van der Waals surface area contributed by atoms with Crippen LogP contribution in [0.25, 0.3) is 0 Å². The molecule has 100 valence electrons. The molecule has 0 bridgehead atoms. The molecule has 1 heterocycles. The van der Waals surface area contributed by atoms with Crippen molar-refractivity contribution < 1.29 is 9.90 Å². The second kappa shape index (κ2) is 6.40. The molecule has 2 rings (SSSR count). The fraction of sp³-hybridized carbons (Fsp3) is 0.438. The number of hydrogen-bond donors (Lipinski definition) is 1. The van der Waals surface area contributed by atoms with Gasteiger partial charge in [0.05, 0.1) is 6.61 Å². The number of hydrogen-bond acceptors (Lipinski definition) is 2. The lowest BCUT2D eigenvalue weighted by molar-refractivity contribution is 0.0788. The first-order valence-corrected chi connectivity index (χ1v) is 6.70. The monoisotopic (exact) mass is 257 g/mol. The lowest BCUT2D eigenvalue weighted by Crippen LogP contribution is -2.28. The average molecular weight is 257 g/mol. The largest absolute Gasteiger partial charge is 0.395 e. The van der Waals surface area contributed by atoms with Crippen LogP contribution in [0.2, 0.25) is 0 Å². The molecule has 1 amide bonds. The van der Waals surface area contributed by atoms with Gasteiger partial charge in [0.1, 0.15) is 0 Å². The van der Waals surface area contributed by atoms with Gasteiger partial charge in [-0.05, 0) is 36.6 Å². The summed E-state index contributed by atoms with van der Waals surface area (Å²) in [5.41, 5.74) is 1.60. The Kier molecular flexibility index (Phi) is 4.59. The van der Waals surface area contributed by atoms with E-state index in [0.717, 1.165) is 30.6 Å². The molecule has 1 aliphatic heterocycles. The zero-order valence-corrected chi connectivity index (χ0v) is 11.2. The standard InChI is InChI=1S/C16H19NO2/c1-13-9-10-17(12-13)16(19)15-7-5-14(6-8-15)4-2-3-11-18/h5-8,13,18H,3,9-12H2,1H3. The molecule has 1 N–H and O–H groups in total. The Morgan fingerprint density at radius 1 is 1.42 bits per heavy atom. The van der Waals surface area contributed by atoms with Gasteiger partial charge in [-0.1, -0.05) is 18.8 Å². The molecule has 3 nitrogen and oxygen atoms in total. The number of aliphatic hydroxyl groups excluding tert-OH is 1. The summed E-state index contributed by atoms with van der Waals surface area (Å²) in [5, 5.41) is 8.65. The van der Waals surface area contributed by atoms with Crippen molar-refractivity contribution >= 4 is 5.91 Å². The third-order valence-electron chi connectivity index (χ3n) is 3.31. The van der Waals surface area contributed by atoms with Gasteiger partial charge in [-0.25, -0.2) is 0 Å². The minimum atomic E-state index is 0.0801. The predicted octanol–water partition coefficient (Wildman–Crippen LogP) is 1.90. The summed E-state index contributed by atoms with van der Waals surface area (Å²) < 4.78 is 0. The van der Waals surface area contributed by atoms with Crippen molar-refractivity contribution in [2.24, 2.45) is 5.92 Å². The van der Waals surface area contributed by atoms with Gasteiger partial charge < -0.3 is 10.0 Å². The minimum Gasteiger partial charge on any atom is -0.395 e. The van der Waals surface area contributed by atoms with E-state index in [2.05, 4.69) is 18.8 Å². The fourth-order valence-electron chi connectivity index (χ4n) is 2.22. The van der Waals surface area contributed by atoms with E-state index < -0.39 is 0 Å². The second-order valence-corrected chi connectivity index (χ2v) is 5.00. The molecule has 0 spiro atoms. The van der Waals surface area contributed by atoms with E-state index in [4.69, 9.17) is 5.11 Å². The van der Waals surface area contributed by atoms with Crippen molar-refractivity contribution in [3.8, 4) is 11.8 Å². The molecule has 0 radical (unpaired) electrons. The first kappa shape index (κ1) is 13.6. The third-order valence-corrected chi connectivity index (χ3v) is 3.31. The number of rotatable bonds is 2. The summed E-state index contributed by atoms with van der Waals surface area (Å²) in [6.45, 7) is 3.97. The first-order valence-electron chi connectivity index (χ1n) is 6.70. The van der Waals surface area contributed by atoms with E-state index in [-0.39, 0.29) is 12.5 Å².